The molecule has 0 aliphatic carbocycles. The van der Waals surface area contributed by atoms with E-state index in [4.69, 9.17) is 19.2 Å². The zero-order valence-electron chi connectivity index (χ0n) is 5.00. The standard InChI is InChI=1S/C2H5.Li.H4O4Si/c1-2;;1-5(2,3)4/h1H2,2H3;;1-4H/q-1;+1;. The Bertz CT molecular complexity index is 29.5. The molecule has 0 rings (SSSR count). The van der Waals surface area contributed by atoms with Crippen molar-refractivity contribution < 1.29 is 38.0 Å². The van der Waals surface area contributed by atoms with Crippen LogP contribution in [0.1, 0.15) is 6.92 Å². The van der Waals surface area contributed by atoms with Crippen molar-refractivity contribution in [1.29, 1.82) is 0 Å². The molecule has 46 valence electrons. The molecule has 6 heteroatoms. The summed E-state index contributed by atoms with van der Waals surface area (Å²) in [6.45, 7) is 5.00. The van der Waals surface area contributed by atoms with Crippen LogP contribution in [0.2, 0.25) is 0 Å². The summed E-state index contributed by atoms with van der Waals surface area (Å²) in [5.41, 5.74) is 0. The van der Waals surface area contributed by atoms with Gasteiger partial charge in [-0.25, -0.2) is 0 Å². The molecule has 0 radical (unpaired) electrons. The van der Waals surface area contributed by atoms with Gasteiger partial charge in [-0.15, -0.1) is 0 Å². The third-order valence-corrected chi connectivity index (χ3v) is 0. The summed E-state index contributed by atoms with van der Waals surface area (Å²) in [7, 11) is -4.61. The fraction of sp³-hybridized carbons (Fsp3) is 0.500. The SMILES string of the molecule is O[Si](O)(O)O.[CH2-]C.[Li+]. The van der Waals surface area contributed by atoms with Gasteiger partial charge in [-0.2, -0.15) is 6.92 Å². The van der Waals surface area contributed by atoms with Gasteiger partial charge in [0.25, 0.3) is 0 Å². The van der Waals surface area contributed by atoms with E-state index in [1.165, 1.54) is 0 Å². The fourth-order valence-corrected chi connectivity index (χ4v) is 0. The van der Waals surface area contributed by atoms with E-state index >= 15 is 0 Å². The molecule has 0 aromatic heterocycles. The van der Waals surface area contributed by atoms with E-state index in [1.807, 2.05) is 0 Å². The first-order valence-electron chi connectivity index (χ1n) is 1.60. The molecule has 0 bridgehead atoms. The van der Waals surface area contributed by atoms with E-state index in [2.05, 4.69) is 6.92 Å². The summed E-state index contributed by atoms with van der Waals surface area (Å²) in [5.74, 6) is 0. The predicted molar refractivity (Wildman–Crippen MR) is 25.7 cm³/mol. The maximum Gasteiger partial charge on any atom is 1.00 e. The molecular weight excluding hydrogens is 123 g/mol. The van der Waals surface area contributed by atoms with Crippen LogP contribution in [0.3, 0.4) is 0 Å². The zero-order chi connectivity index (χ0) is 6.50. The smallest absolute Gasteiger partial charge is 0.368 e. The van der Waals surface area contributed by atoms with Crippen LogP contribution in [0.25, 0.3) is 0 Å². The van der Waals surface area contributed by atoms with E-state index in [0.29, 0.717) is 0 Å². The van der Waals surface area contributed by atoms with Gasteiger partial charge in [0.05, 0.1) is 0 Å². The topological polar surface area (TPSA) is 80.9 Å². The molecule has 0 saturated carbocycles. The third-order valence-electron chi connectivity index (χ3n) is 0. The van der Waals surface area contributed by atoms with Gasteiger partial charge in [0.1, 0.15) is 0 Å². The zero-order valence-corrected chi connectivity index (χ0v) is 6.00. The van der Waals surface area contributed by atoms with Crippen LogP contribution in [0.5, 0.6) is 0 Å². The molecule has 0 heterocycles. The van der Waals surface area contributed by atoms with Gasteiger partial charge < -0.3 is 26.1 Å². The van der Waals surface area contributed by atoms with Gasteiger partial charge in [0, 0.05) is 0 Å². The fourth-order valence-electron chi connectivity index (χ4n) is 0. The first-order chi connectivity index (χ1) is 3.00. The summed E-state index contributed by atoms with van der Waals surface area (Å²) in [6, 6.07) is 0. The summed E-state index contributed by atoms with van der Waals surface area (Å²) in [5, 5.41) is 0. The molecule has 0 fully saturated rings. The minimum atomic E-state index is -4.61. The molecule has 0 spiro atoms. The van der Waals surface area contributed by atoms with E-state index in [0.717, 1.165) is 0 Å². The first kappa shape index (κ1) is 15.9. The average Bonchev–Trinajstić information content (AvgIpc) is 1.36. The number of hydrogen-bond donors (Lipinski definition) is 4. The molecular formula is C2H9LiO4Si. The molecule has 8 heavy (non-hydrogen) atoms. The van der Waals surface area contributed by atoms with Crippen LogP contribution in [-0.4, -0.2) is 28.2 Å². The minimum Gasteiger partial charge on any atom is -0.368 e. The monoisotopic (exact) mass is 132 g/mol. The first-order valence-corrected chi connectivity index (χ1v) is 3.39. The molecule has 0 aliphatic heterocycles. The molecule has 0 saturated heterocycles. The molecule has 4 nitrogen and oxygen atoms in total. The van der Waals surface area contributed by atoms with Gasteiger partial charge in [-0.3, -0.25) is 0 Å². The van der Waals surface area contributed by atoms with Gasteiger partial charge >= 0.3 is 27.9 Å². The second kappa shape index (κ2) is 7.65. The Morgan fingerprint density at radius 3 is 1.00 bits per heavy atom. The van der Waals surface area contributed by atoms with Crippen molar-refractivity contribution in [1.82, 2.24) is 0 Å². The minimum absolute atomic E-state index is 0. The molecule has 0 atom stereocenters. The van der Waals surface area contributed by atoms with Gasteiger partial charge in [0.15, 0.2) is 0 Å². The normalized spacial score (nSPS) is 8.25. The van der Waals surface area contributed by atoms with Crippen LogP contribution in [-0.2, 0) is 0 Å². The van der Waals surface area contributed by atoms with Gasteiger partial charge in [-0.1, -0.05) is 0 Å². The molecule has 4 N–H and O–H groups in total. The Labute approximate surface area is 61.5 Å². The molecule has 0 aromatic rings. The van der Waals surface area contributed by atoms with Crippen molar-refractivity contribution in [2.75, 3.05) is 0 Å². The summed E-state index contributed by atoms with van der Waals surface area (Å²) >= 11 is 0. The molecule has 0 aliphatic rings. The van der Waals surface area contributed by atoms with Crippen molar-refractivity contribution in [2.45, 2.75) is 6.92 Å². The van der Waals surface area contributed by atoms with Crippen LogP contribution in [0, 0.1) is 6.92 Å². The number of hydrogen-bond acceptors (Lipinski definition) is 4. The van der Waals surface area contributed by atoms with E-state index < -0.39 is 9.05 Å². The number of rotatable bonds is 0. The van der Waals surface area contributed by atoms with Crippen molar-refractivity contribution in [3.63, 3.8) is 0 Å². The maximum absolute atomic E-state index is 7.33. The predicted octanol–water partition coefficient (Wildman–Crippen LogP) is -4.76. The Kier molecular flexibility index (Phi) is 15.2. The third kappa shape index (κ3) is 497. The average molecular weight is 132 g/mol. The summed E-state index contributed by atoms with van der Waals surface area (Å²) in [6.07, 6.45) is 0. The van der Waals surface area contributed by atoms with Gasteiger partial charge in [-0.05, 0) is 0 Å². The van der Waals surface area contributed by atoms with Gasteiger partial charge in [0.2, 0.25) is 0 Å². The van der Waals surface area contributed by atoms with E-state index in [9.17, 15) is 0 Å². The molecule has 0 aromatic carbocycles. The largest absolute Gasteiger partial charge is 1.00 e. The second-order valence-corrected chi connectivity index (χ2v) is 1.80. The Hall–Kier alpha value is 0.654. The van der Waals surface area contributed by atoms with Crippen LogP contribution in [0.15, 0.2) is 0 Å². The quantitative estimate of drug-likeness (QED) is 0.197. The molecule has 0 amide bonds. The summed E-state index contributed by atoms with van der Waals surface area (Å²) < 4.78 is 0. The Balaban J connectivity index is -0.0000000750. The van der Waals surface area contributed by atoms with Crippen molar-refractivity contribution in [3.05, 3.63) is 6.92 Å². The van der Waals surface area contributed by atoms with Crippen LogP contribution >= 0.6 is 0 Å². The molecule has 0 unspecified atom stereocenters. The van der Waals surface area contributed by atoms with Crippen molar-refractivity contribution >= 4 is 9.05 Å². The maximum atomic E-state index is 7.33. The van der Waals surface area contributed by atoms with Crippen molar-refractivity contribution in [3.8, 4) is 0 Å². The Morgan fingerprint density at radius 1 is 1.00 bits per heavy atom. The second-order valence-electron chi connectivity index (χ2n) is 0.600. The van der Waals surface area contributed by atoms with E-state index in [-0.39, 0.29) is 18.9 Å². The van der Waals surface area contributed by atoms with Crippen LogP contribution in [0.4, 0.5) is 0 Å². The van der Waals surface area contributed by atoms with E-state index in [1.54, 1.807) is 6.92 Å². The van der Waals surface area contributed by atoms with Crippen molar-refractivity contribution in [2.24, 2.45) is 0 Å². The summed E-state index contributed by atoms with van der Waals surface area (Å²) in [4.78, 5) is 29.3. The van der Waals surface area contributed by atoms with Crippen LogP contribution < -0.4 is 18.9 Å². The Morgan fingerprint density at radius 2 is 1.00 bits per heavy atom.